The Bertz CT molecular complexity index is 429. The molecule has 68 valence electrons. The van der Waals surface area contributed by atoms with E-state index in [2.05, 4.69) is 12.1 Å². The quantitative estimate of drug-likeness (QED) is 0.706. The largest absolute Gasteiger partial charge is 0.389 e. The maximum absolute atomic E-state index is 9.55. The molecule has 1 aromatic heterocycles. The van der Waals surface area contributed by atoms with Crippen LogP contribution >= 0.6 is 0 Å². The van der Waals surface area contributed by atoms with E-state index in [-0.39, 0.29) is 0 Å². The van der Waals surface area contributed by atoms with Crippen molar-refractivity contribution in [3.8, 4) is 0 Å². The number of aryl methyl sites for hydroxylation is 1. The molecular formula is C11H13NO. The lowest BCUT2D eigenvalue weighted by molar-refractivity contribution is 0.200. The Hall–Kier alpha value is -1.28. The van der Waals surface area contributed by atoms with Crippen molar-refractivity contribution in [2.75, 3.05) is 0 Å². The highest BCUT2D eigenvalue weighted by Crippen LogP contribution is 2.24. The van der Waals surface area contributed by atoms with Gasteiger partial charge in [0.15, 0.2) is 0 Å². The van der Waals surface area contributed by atoms with Gasteiger partial charge in [-0.2, -0.15) is 0 Å². The van der Waals surface area contributed by atoms with Crippen molar-refractivity contribution >= 4 is 10.9 Å². The predicted octanol–water partition coefficient (Wildman–Crippen LogP) is 2.23. The van der Waals surface area contributed by atoms with Crippen LogP contribution in [0.15, 0.2) is 30.5 Å². The number of hydrogen-bond donors (Lipinski definition) is 1. The summed E-state index contributed by atoms with van der Waals surface area (Å²) in [4.78, 5) is 0. The third-order valence-corrected chi connectivity index (χ3v) is 2.38. The van der Waals surface area contributed by atoms with Crippen LogP contribution in [0.25, 0.3) is 10.9 Å². The summed E-state index contributed by atoms with van der Waals surface area (Å²) in [5.74, 6) is 0. The third kappa shape index (κ3) is 1.23. The molecule has 0 saturated carbocycles. The fraction of sp³-hybridized carbons (Fsp3) is 0.273. The zero-order valence-corrected chi connectivity index (χ0v) is 7.86. The van der Waals surface area contributed by atoms with Gasteiger partial charge >= 0.3 is 0 Å². The van der Waals surface area contributed by atoms with Crippen molar-refractivity contribution in [1.29, 1.82) is 0 Å². The van der Waals surface area contributed by atoms with Gasteiger partial charge in [-0.1, -0.05) is 18.2 Å². The summed E-state index contributed by atoms with van der Waals surface area (Å²) in [6, 6.07) is 8.06. The molecule has 0 aliphatic carbocycles. The van der Waals surface area contributed by atoms with E-state index in [0.29, 0.717) is 0 Å². The maximum Gasteiger partial charge on any atom is 0.0782 e. The predicted molar refractivity (Wildman–Crippen MR) is 53.6 cm³/mol. The minimum Gasteiger partial charge on any atom is -0.389 e. The van der Waals surface area contributed by atoms with Crippen molar-refractivity contribution in [2.45, 2.75) is 13.0 Å². The SMILES string of the molecule is C[C@@H](O)c1cccc2ccn(C)c12. The number of benzene rings is 1. The molecule has 0 fully saturated rings. The number of nitrogens with zero attached hydrogens (tertiary/aromatic N) is 1. The summed E-state index contributed by atoms with van der Waals surface area (Å²) in [6.07, 6.45) is 1.61. The molecule has 2 nitrogen and oxygen atoms in total. The highest BCUT2D eigenvalue weighted by Gasteiger charge is 2.07. The minimum absolute atomic E-state index is 0.405. The summed E-state index contributed by atoms with van der Waals surface area (Å²) in [5.41, 5.74) is 2.11. The van der Waals surface area contributed by atoms with Crippen LogP contribution in [-0.4, -0.2) is 9.67 Å². The molecule has 1 aromatic carbocycles. The van der Waals surface area contributed by atoms with Gasteiger partial charge in [0.2, 0.25) is 0 Å². The lowest BCUT2D eigenvalue weighted by atomic mass is 10.1. The van der Waals surface area contributed by atoms with Crippen molar-refractivity contribution in [1.82, 2.24) is 4.57 Å². The monoisotopic (exact) mass is 175 g/mol. The second-order valence-electron chi connectivity index (χ2n) is 3.39. The molecule has 13 heavy (non-hydrogen) atoms. The van der Waals surface area contributed by atoms with E-state index in [9.17, 15) is 5.11 Å². The Kier molecular flexibility index (Phi) is 1.85. The summed E-state index contributed by atoms with van der Waals surface area (Å²) in [7, 11) is 1.99. The van der Waals surface area contributed by atoms with E-state index in [4.69, 9.17) is 0 Å². The van der Waals surface area contributed by atoms with Gasteiger partial charge in [0.1, 0.15) is 0 Å². The minimum atomic E-state index is -0.405. The second kappa shape index (κ2) is 2.89. The van der Waals surface area contributed by atoms with E-state index >= 15 is 0 Å². The van der Waals surface area contributed by atoms with Crippen LogP contribution in [0.3, 0.4) is 0 Å². The van der Waals surface area contributed by atoms with E-state index in [1.165, 1.54) is 5.39 Å². The van der Waals surface area contributed by atoms with Crippen LogP contribution < -0.4 is 0 Å². The standard InChI is InChI=1S/C11H13NO/c1-8(13)10-5-3-4-9-6-7-12(2)11(9)10/h3-8,13H,1-2H3/t8-/m1/s1. The Morgan fingerprint density at radius 3 is 2.77 bits per heavy atom. The maximum atomic E-state index is 9.55. The van der Waals surface area contributed by atoms with Gasteiger partial charge in [0.25, 0.3) is 0 Å². The Morgan fingerprint density at radius 2 is 2.08 bits per heavy atom. The molecule has 0 unspecified atom stereocenters. The fourth-order valence-electron chi connectivity index (χ4n) is 1.73. The van der Waals surface area contributed by atoms with Gasteiger partial charge in [-0.15, -0.1) is 0 Å². The first kappa shape index (κ1) is 8.32. The zero-order valence-electron chi connectivity index (χ0n) is 7.86. The van der Waals surface area contributed by atoms with E-state index in [0.717, 1.165) is 11.1 Å². The van der Waals surface area contributed by atoms with Crippen LogP contribution in [0.5, 0.6) is 0 Å². The van der Waals surface area contributed by atoms with Crippen LogP contribution in [0, 0.1) is 0 Å². The highest BCUT2D eigenvalue weighted by molar-refractivity contribution is 5.83. The van der Waals surface area contributed by atoms with Gasteiger partial charge in [-0.3, -0.25) is 0 Å². The second-order valence-corrected chi connectivity index (χ2v) is 3.39. The molecule has 0 saturated heterocycles. The number of aliphatic hydroxyl groups excluding tert-OH is 1. The van der Waals surface area contributed by atoms with Crippen molar-refractivity contribution in [3.63, 3.8) is 0 Å². The van der Waals surface area contributed by atoms with Gasteiger partial charge in [0.05, 0.1) is 11.6 Å². The van der Waals surface area contributed by atoms with E-state index < -0.39 is 6.10 Å². The lowest BCUT2D eigenvalue weighted by Crippen LogP contribution is -1.95. The molecule has 0 radical (unpaired) electrons. The lowest BCUT2D eigenvalue weighted by Gasteiger charge is -2.08. The van der Waals surface area contributed by atoms with Crippen LogP contribution in [0.2, 0.25) is 0 Å². The molecule has 0 aliphatic rings. The average Bonchev–Trinajstić information content (AvgIpc) is 2.48. The van der Waals surface area contributed by atoms with E-state index in [1.54, 1.807) is 6.92 Å². The van der Waals surface area contributed by atoms with Crippen molar-refractivity contribution in [2.24, 2.45) is 7.05 Å². The molecule has 1 atom stereocenters. The van der Waals surface area contributed by atoms with Gasteiger partial charge in [0, 0.05) is 18.8 Å². The number of hydrogen-bond acceptors (Lipinski definition) is 1. The van der Waals surface area contributed by atoms with Crippen molar-refractivity contribution < 1.29 is 5.11 Å². The number of para-hydroxylation sites is 1. The number of fused-ring (bicyclic) bond motifs is 1. The molecule has 2 rings (SSSR count). The molecule has 2 aromatic rings. The topological polar surface area (TPSA) is 25.2 Å². The smallest absolute Gasteiger partial charge is 0.0782 e. The molecule has 0 aliphatic heterocycles. The molecule has 2 heteroatoms. The molecule has 0 amide bonds. The van der Waals surface area contributed by atoms with Gasteiger partial charge in [-0.25, -0.2) is 0 Å². The Labute approximate surface area is 77.4 Å². The Morgan fingerprint density at radius 1 is 1.31 bits per heavy atom. The van der Waals surface area contributed by atoms with Gasteiger partial charge < -0.3 is 9.67 Å². The van der Waals surface area contributed by atoms with Crippen molar-refractivity contribution in [3.05, 3.63) is 36.0 Å². The summed E-state index contributed by atoms with van der Waals surface area (Å²) >= 11 is 0. The number of rotatable bonds is 1. The zero-order chi connectivity index (χ0) is 9.42. The number of aromatic nitrogens is 1. The normalized spacial score (nSPS) is 13.5. The first-order chi connectivity index (χ1) is 6.20. The van der Waals surface area contributed by atoms with Crippen LogP contribution in [-0.2, 0) is 7.05 Å². The molecule has 1 N–H and O–H groups in total. The molecule has 1 heterocycles. The number of aliphatic hydroxyl groups is 1. The average molecular weight is 175 g/mol. The third-order valence-electron chi connectivity index (χ3n) is 2.38. The first-order valence-electron chi connectivity index (χ1n) is 4.42. The molecular weight excluding hydrogens is 162 g/mol. The Balaban J connectivity index is 2.80. The van der Waals surface area contributed by atoms with Gasteiger partial charge in [-0.05, 0) is 18.4 Å². The highest BCUT2D eigenvalue weighted by atomic mass is 16.3. The fourth-order valence-corrected chi connectivity index (χ4v) is 1.73. The molecule has 0 bridgehead atoms. The summed E-state index contributed by atoms with van der Waals surface area (Å²) in [6.45, 7) is 1.79. The summed E-state index contributed by atoms with van der Waals surface area (Å²) < 4.78 is 2.04. The molecule has 0 spiro atoms. The van der Waals surface area contributed by atoms with Crippen LogP contribution in [0.1, 0.15) is 18.6 Å². The van der Waals surface area contributed by atoms with Crippen LogP contribution in [0.4, 0.5) is 0 Å². The first-order valence-corrected chi connectivity index (χ1v) is 4.42. The summed E-state index contributed by atoms with van der Waals surface area (Å²) in [5, 5.41) is 10.7. The van der Waals surface area contributed by atoms with E-state index in [1.807, 2.05) is 29.9 Å².